The highest BCUT2D eigenvalue weighted by Gasteiger charge is 2.24. The molecule has 1 unspecified atom stereocenters. The summed E-state index contributed by atoms with van der Waals surface area (Å²) >= 11 is 1.89. The van der Waals surface area contributed by atoms with Crippen LogP contribution in [0.15, 0.2) is 12.7 Å². The Morgan fingerprint density at radius 2 is 2.19 bits per heavy atom. The number of carbonyl (C=O) groups is 1. The molecule has 1 aliphatic heterocycles. The number of nitrogens with one attached hydrogen (secondary N) is 1. The van der Waals surface area contributed by atoms with E-state index < -0.39 is 5.60 Å². The molecule has 122 valence electrons. The van der Waals surface area contributed by atoms with Crippen molar-refractivity contribution < 1.29 is 9.53 Å². The van der Waals surface area contributed by atoms with Crippen LogP contribution in [0.1, 0.15) is 40.0 Å². The largest absolute Gasteiger partial charge is 0.444 e. The van der Waals surface area contributed by atoms with E-state index in [0.29, 0.717) is 6.04 Å². The van der Waals surface area contributed by atoms with E-state index in [1.165, 1.54) is 0 Å². The van der Waals surface area contributed by atoms with Crippen LogP contribution in [0.5, 0.6) is 0 Å². The fraction of sp³-hybridized carbons (Fsp3) is 0.812. The second-order valence-electron chi connectivity index (χ2n) is 6.41. The van der Waals surface area contributed by atoms with E-state index in [-0.39, 0.29) is 6.09 Å². The molecule has 0 radical (unpaired) electrons. The van der Waals surface area contributed by atoms with E-state index in [1.807, 2.05) is 43.5 Å². The zero-order valence-corrected chi connectivity index (χ0v) is 14.5. The van der Waals surface area contributed by atoms with Crippen LogP contribution in [0.4, 0.5) is 4.79 Å². The van der Waals surface area contributed by atoms with Gasteiger partial charge in [0.05, 0.1) is 0 Å². The van der Waals surface area contributed by atoms with Crippen molar-refractivity contribution in [1.29, 1.82) is 0 Å². The summed E-state index contributed by atoms with van der Waals surface area (Å²) in [5.41, 5.74) is -0.413. The zero-order chi connectivity index (χ0) is 15.7. The van der Waals surface area contributed by atoms with Crippen molar-refractivity contribution >= 4 is 17.9 Å². The maximum absolute atomic E-state index is 12.1. The van der Waals surface area contributed by atoms with Crippen molar-refractivity contribution in [3.63, 3.8) is 0 Å². The number of likely N-dealkylation sites (tertiary alicyclic amines) is 1. The second kappa shape index (κ2) is 9.36. The molecule has 0 aliphatic carbocycles. The summed E-state index contributed by atoms with van der Waals surface area (Å²) in [4.78, 5) is 13.9. The first kappa shape index (κ1) is 18.4. The van der Waals surface area contributed by atoms with Crippen LogP contribution in [-0.4, -0.2) is 53.8 Å². The molecule has 1 rings (SSSR count). The minimum absolute atomic E-state index is 0.176. The molecular formula is C16H30N2O2S. The first-order valence-electron chi connectivity index (χ1n) is 7.82. The number of amides is 1. The molecule has 1 saturated heterocycles. The third-order valence-corrected chi connectivity index (χ3v) is 4.26. The van der Waals surface area contributed by atoms with Crippen molar-refractivity contribution in [2.45, 2.75) is 51.7 Å². The summed E-state index contributed by atoms with van der Waals surface area (Å²) in [5, 5.41) is 3.59. The summed E-state index contributed by atoms with van der Waals surface area (Å²) in [6.45, 7) is 12.1. The minimum Gasteiger partial charge on any atom is -0.444 e. The molecule has 1 N–H and O–H groups in total. The van der Waals surface area contributed by atoms with Crippen LogP contribution < -0.4 is 5.32 Å². The lowest BCUT2D eigenvalue weighted by Crippen LogP contribution is -2.38. The van der Waals surface area contributed by atoms with E-state index in [1.54, 1.807) is 0 Å². The highest BCUT2D eigenvalue weighted by molar-refractivity contribution is 7.99. The summed E-state index contributed by atoms with van der Waals surface area (Å²) in [7, 11) is 0. The van der Waals surface area contributed by atoms with Gasteiger partial charge in [-0.05, 0) is 40.0 Å². The molecule has 4 nitrogen and oxygen atoms in total. The number of ether oxygens (including phenoxy) is 1. The Bertz CT molecular complexity index is 329. The van der Waals surface area contributed by atoms with Crippen molar-refractivity contribution in [3.8, 4) is 0 Å². The normalized spacial score (nSPS) is 20.0. The third kappa shape index (κ3) is 8.37. The fourth-order valence-electron chi connectivity index (χ4n) is 2.31. The van der Waals surface area contributed by atoms with E-state index in [9.17, 15) is 4.79 Å². The predicted octanol–water partition coefficient (Wildman–Crippen LogP) is 3.28. The van der Waals surface area contributed by atoms with E-state index in [4.69, 9.17) is 4.74 Å². The molecule has 0 aromatic heterocycles. The van der Waals surface area contributed by atoms with E-state index in [2.05, 4.69) is 11.9 Å². The van der Waals surface area contributed by atoms with Crippen LogP contribution in [0, 0.1) is 0 Å². The molecule has 0 aromatic carbocycles. The fourth-order valence-corrected chi connectivity index (χ4v) is 2.91. The zero-order valence-electron chi connectivity index (χ0n) is 13.7. The lowest BCUT2D eigenvalue weighted by atomic mass is 10.1. The summed E-state index contributed by atoms with van der Waals surface area (Å²) in [6, 6.07) is 0.516. The maximum Gasteiger partial charge on any atom is 0.410 e. The van der Waals surface area contributed by atoms with Gasteiger partial charge in [0.15, 0.2) is 0 Å². The van der Waals surface area contributed by atoms with Gasteiger partial charge in [-0.15, -0.1) is 6.58 Å². The highest BCUT2D eigenvalue weighted by Crippen LogP contribution is 2.15. The molecule has 0 spiro atoms. The molecule has 1 aliphatic rings. The Morgan fingerprint density at radius 3 is 2.86 bits per heavy atom. The average molecular weight is 314 g/mol. The first-order chi connectivity index (χ1) is 9.92. The Morgan fingerprint density at radius 1 is 1.43 bits per heavy atom. The molecule has 1 amide bonds. The number of nitrogens with zero attached hydrogens (tertiary/aromatic N) is 1. The van der Waals surface area contributed by atoms with Gasteiger partial charge in [0.1, 0.15) is 5.60 Å². The number of hydrogen-bond acceptors (Lipinski definition) is 4. The van der Waals surface area contributed by atoms with Gasteiger partial charge in [-0.2, -0.15) is 11.8 Å². The lowest BCUT2D eigenvalue weighted by Gasteiger charge is -2.26. The summed E-state index contributed by atoms with van der Waals surface area (Å²) in [6.07, 6.45) is 4.94. The smallest absolute Gasteiger partial charge is 0.410 e. The van der Waals surface area contributed by atoms with Gasteiger partial charge in [0.25, 0.3) is 0 Å². The molecule has 5 heteroatoms. The highest BCUT2D eigenvalue weighted by atomic mass is 32.2. The first-order valence-corrected chi connectivity index (χ1v) is 8.98. The van der Waals surface area contributed by atoms with Crippen LogP contribution >= 0.6 is 11.8 Å². The number of rotatable bonds is 6. The summed E-state index contributed by atoms with van der Waals surface area (Å²) < 4.78 is 5.45. The van der Waals surface area contributed by atoms with Crippen molar-refractivity contribution in [3.05, 3.63) is 12.7 Å². The maximum atomic E-state index is 12.1. The monoisotopic (exact) mass is 314 g/mol. The van der Waals surface area contributed by atoms with Crippen molar-refractivity contribution in [1.82, 2.24) is 10.2 Å². The van der Waals surface area contributed by atoms with E-state index in [0.717, 1.165) is 50.4 Å². The standard InChI is InChI=1S/C16H30N2O2S/c1-5-12-21-13-9-17-14-7-6-10-18(11-8-14)15(19)20-16(2,3)4/h5,14,17H,1,6-13H2,2-4H3. The molecule has 1 heterocycles. The molecule has 1 atom stereocenters. The molecule has 21 heavy (non-hydrogen) atoms. The second-order valence-corrected chi connectivity index (χ2v) is 7.56. The Kier molecular flexibility index (Phi) is 8.19. The van der Waals surface area contributed by atoms with Crippen LogP contribution in [0.25, 0.3) is 0 Å². The van der Waals surface area contributed by atoms with Crippen LogP contribution in [-0.2, 0) is 4.74 Å². The van der Waals surface area contributed by atoms with Gasteiger partial charge < -0.3 is 15.0 Å². The number of carbonyl (C=O) groups excluding carboxylic acids is 1. The van der Waals surface area contributed by atoms with Gasteiger partial charge in [0, 0.05) is 37.2 Å². The topological polar surface area (TPSA) is 41.6 Å². The van der Waals surface area contributed by atoms with Crippen molar-refractivity contribution in [2.75, 3.05) is 31.1 Å². The molecule has 0 saturated carbocycles. The molecule has 0 aromatic rings. The number of hydrogen-bond donors (Lipinski definition) is 1. The Labute approximate surface area is 133 Å². The lowest BCUT2D eigenvalue weighted by molar-refractivity contribution is 0.0256. The predicted molar refractivity (Wildman–Crippen MR) is 91.0 cm³/mol. The van der Waals surface area contributed by atoms with Gasteiger partial charge in [-0.1, -0.05) is 6.08 Å². The van der Waals surface area contributed by atoms with Crippen LogP contribution in [0.2, 0.25) is 0 Å². The van der Waals surface area contributed by atoms with Gasteiger partial charge >= 0.3 is 6.09 Å². The van der Waals surface area contributed by atoms with Gasteiger partial charge in [0.2, 0.25) is 0 Å². The minimum atomic E-state index is -0.413. The third-order valence-electron chi connectivity index (χ3n) is 3.29. The Hall–Kier alpha value is -0.680. The SMILES string of the molecule is C=CCSCCNC1CCCN(C(=O)OC(C)(C)C)CC1. The van der Waals surface area contributed by atoms with Crippen LogP contribution in [0.3, 0.4) is 0 Å². The number of thioether (sulfide) groups is 1. The van der Waals surface area contributed by atoms with Gasteiger partial charge in [-0.3, -0.25) is 0 Å². The molecule has 0 bridgehead atoms. The average Bonchev–Trinajstić information content (AvgIpc) is 2.62. The molecular weight excluding hydrogens is 284 g/mol. The van der Waals surface area contributed by atoms with E-state index >= 15 is 0 Å². The quantitative estimate of drug-likeness (QED) is 0.603. The Balaban J connectivity index is 2.26. The summed E-state index contributed by atoms with van der Waals surface area (Å²) in [5.74, 6) is 2.12. The van der Waals surface area contributed by atoms with Crippen molar-refractivity contribution in [2.24, 2.45) is 0 Å². The molecule has 1 fully saturated rings. The van der Waals surface area contributed by atoms with Gasteiger partial charge in [-0.25, -0.2) is 4.79 Å².